The summed E-state index contributed by atoms with van der Waals surface area (Å²) >= 11 is 6.07. The molecule has 0 aliphatic rings. The van der Waals surface area contributed by atoms with Crippen LogP contribution in [0.5, 0.6) is 11.5 Å². The Bertz CT molecular complexity index is 680. The summed E-state index contributed by atoms with van der Waals surface area (Å²) in [5.41, 5.74) is 1.63. The van der Waals surface area contributed by atoms with E-state index in [-0.39, 0.29) is 17.5 Å². The molecular weight excluding hydrogens is 276 g/mol. The number of halogens is 1. The third-order valence-electron chi connectivity index (χ3n) is 2.95. The molecule has 1 unspecified atom stereocenters. The molecule has 3 N–H and O–H groups in total. The number of aromatic hydroxyl groups is 2. The van der Waals surface area contributed by atoms with Crippen LogP contribution in [-0.4, -0.2) is 10.2 Å². The molecule has 2 aromatic carbocycles. The molecule has 4 nitrogen and oxygen atoms in total. The van der Waals surface area contributed by atoms with Gasteiger partial charge in [0.05, 0.1) is 28.4 Å². The molecular formula is C15H13ClN2O2. The minimum Gasteiger partial charge on any atom is -0.508 e. The van der Waals surface area contributed by atoms with Crippen LogP contribution in [0.15, 0.2) is 36.4 Å². The first-order valence-corrected chi connectivity index (χ1v) is 6.37. The molecule has 0 radical (unpaired) electrons. The van der Waals surface area contributed by atoms with Crippen LogP contribution in [0.1, 0.15) is 24.1 Å². The van der Waals surface area contributed by atoms with Crippen LogP contribution in [0.25, 0.3) is 0 Å². The van der Waals surface area contributed by atoms with E-state index >= 15 is 0 Å². The van der Waals surface area contributed by atoms with Crippen LogP contribution in [0, 0.1) is 11.3 Å². The lowest BCUT2D eigenvalue weighted by Crippen LogP contribution is -2.07. The van der Waals surface area contributed by atoms with Crippen LogP contribution >= 0.6 is 11.6 Å². The summed E-state index contributed by atoms with van der Waals surface area (Å²) in [6, 6.07) is 11.0. The monoisotopic (exact) mass is 288 g/mol. The Morgan fingerprint density at radius 2 is 1.95 bits per heavy atom. The Morgan fingerprint density at radius 3 is 2.65 bits per heavy atom. The predicted octanol–water partition coefficient (Wildman–Crippen LogP) is 3.80. The minimum absolute atomic E-state index is 0.0725. The van der Waals surface area contributed by atoms with Gasteiger partial charge in [-0.2, -0.15) is 5.26 Å². The summed E-state index contributed by atoms with van der Waals surface area (Å²) in [4.78, 5) is 0. The fourth-order valence-corrected chi connectivity index (χ4v) is 2.08. The number of hydrogen-bond donors (Lipinski definition) is 3. The molecule has 0 fully saturated rings. The summed E-state index contributed by atoms with van der Waals surface area (Å²) in [5.74, 6) is 0.152. The second-order valence-electron chi connectivity index (χ2n) is 4.42. The fraction of sp³-hybridized carbons (Fsp3) is 0.133. The third kappa shape index (κ3) is 2.95. The van der Waals surface area contributed by atoms with E-state index in [0.717, 1.165) is 0 Å². The van der Waals surface area contributed by atoms with Crippen LogP contribution in [0.2, 0.25) is 5.02 Å². The number of hydrogen-bond acceptors (Lipinski definition) is 4. The zero-order valence-corrected chi connectivity index (χ0v) is 11.5. The lowest BCUT2D eigenvalue weighted by Gasteiger charge is -2.18. The molecule has 5 heteroatoms. The molecule has 20 heavy (non-hydrogen) atoms. The number of benzene rings is 2. The molecule has 0 aliphatic heterocycles. The Kier molecular flexibility index (Phi) is 4.02. The Labute approximate surface area is 121 Å². The summed E-state index contributed by atoms with van der Waals surface area (Å²) in [7, 11) is 0. The van der Waals surface area contributed by atoms with E-state index in [4.69, 9.17) is 16.9 Å². The number of rotatable bonds is 3. The summed E-state index contributed by atoms with van der Waals surface area (Å²) in [6.07, 6.45) is 0. The van der Waals surface area contributed by atoms with E-state index in [1.54, 1.807) is 18.2 Å². The molecule has 0 aromatic heterocycles. The highest BCUT2D eigenvalue weighted by molar-refractivity contribution is 6.33. The zero-order valence-electron chi connectivity index (χ0n) is 10.8. The molecule has 0 spiro atoms. The molecule has 2 aromatic rings. The Morgan fingerprint density at radius 1 is 1.20 bits per heavy atom. The SMILES string of the molecule is CC(Nc1cc(C#N)ccc1Cl)c1cc(O)ccc1O. The van der Waals surface area contributed by atoms with Crippen molar-refractivity contribution in [1.82, 2.24) is 0 Å². The van der Waals surface area contributed by atoms with Crippen molar-refractivity contribution in [3.05, 3.63) is 52.5 Å². The smallest absolute Gasteiger partial charge is 0.121 e. The number of nitriles is 1. The average molecular weight is 289 g/mol. The average Bonchev–Trinajstić information content (AvgIpc) is 2.43. The number of phenolic OH excluding ortho intramolecular Hbond substituents is 2. The van der Waals surface area contributed by atoms with Gasteiger partial charge in [-0.25, -0.2) is 0 Å². The first kappa shape index (κ1) is 14.0. The maximum Gasteiger partial charge on any atom is 0.121 e. The third-order valence-corrected chi connectivity index (χ3v) is 3.27. The highest BCUT2D eigenvalue weighted by Gasteiger charge is 2.13. The van der Waals surface area contributed by atoms with Crippen molar-refractivity contribution in [2.24, 2.45) is 0 Å². The fourth-order valence-electron chi connectivity index (χ4n) is 1.91. The molecule has 1 atom stereocenters. The highest BCUT2D eigenvalue weighted by Crippen LogP contribution is 2.32. The van der Waals surface area contributed by atoms with E-state index in [1.165, 1.54) is 18.2 Å². The summed E-state index contributed by atoms with van der Waals surface area (Å²) in [5, 5.41) is 31.8. The summed E-state index contributed by atoms with van der Waals surface area (Å²) in [6.45, 7) is 1.82. The molecule has 0 saturated heterocycles. The van der Waals surface area contributed by atoms with Crippen molar-refractivity contribution in [3.63, 3.8) is 0 Å². The van der Waals surface area contributed by atoms with Gasteiger partial charge in [0.15, 0.2) is 0 Å². The van der Waals surface area contributed by atoms with Gasteiger partial charge in [-0.05, 0) is 43.3 Å². The van der Waals surface area contributed by atoms with Crippen molar-refractivity contribution in [2.75, 3.05) is 5.32 Å². The molecule has 2 rings (SSSR count). The van der Waals surface area contributed by atoms with Crippen LogP contribution in [-0.2, 0) is 0 Å². The van der Waals surface area contributed by atoms with Crippen molar-refractivity contribution >= 4 is 17.3 Å². The predicted molar refractivity (Wildman–Crippen MR) is 78.0 cm³/mol. The molecule has 0 aliphatic carbocycles. The topological polar surface area (TPSA) is 76.3 Å². The molecule has 0 bridgehead atoms. The van der Waals surface area contributed by atoms with Gasteiger partial charge in [0.25, 0.3) is 0 Å². The molecule has 0 heterocycles. The molecule has 102 valence electrons. The first-order valence-electron chi connectivity index (χ1n) is 5.99. The van der Waals surface area contributed by atoms with Gasteiger partial charge in [-0.3, -0.25) is 0 Å². The van der Waals surface area contributed by atoms with E-state index in [0.29, 0.717) is 21.8 Å². The minimum atomic E-state index is -0.284. The number of nitrogens with zero attached hydrogens (tertiary/aromatic N) is 1. The van der Waals surface area contributed by atoms with Crippen molar-refractivity contribution in [1.29, 1.82) is 5.26 Å². The van der Waals surface area contributed by atoms with Gasteiger partial charge in [0, 0.05) is 5.56 Å². The lowest BCUT2D eigenvalue weighted by atomic mass is 10.1. The normalized spacial score (nSPS) is 11.7. The van der Waals surface area contributed by atoms with E-state index in [2.05, 4.69) is 5.32 Å². The van der Waals surface area contributed by atoms with Crippen molar-refractivity contribution < 1.29 is 10.2 Å². The van der Waals surface area contributed by atoms with Gasteiger partial charge in [-0.15, -0.1) is 0 Å². The number of phenols is 2. The second-order valence-corrected chi connectivity index (χ2v) is 4.82. The second kappa shape index (κ2) is 5.72. The van der Waals surface area contributed by atoms with Crippen LogP contribution < -0.4 is 5.32 Å². The largest absolute Gasteiger partial charge is 0.508 e. The lowest BCUT2D eigenvalue weighted by molar-refractivity contribution is 0.451. The van der Waals surface area contributed by atoms with Gasteiger partial charge in [0.2, 0.25) is 0 Å². The maximum atomic E-state index is 9.82. The van der Waals surface area contributed by atoms with Crippen LogP contribution in [0.3, 0.4) is 0 Å². The highest BCUT2D eigenvalue weighted by atomic mass is 35.5. The van der Waals surface area contributed by atoms with Crippen molar-refractivity contribution in [3.8, 4) is 17.6 Å². The standard InChI is InChI=1S/C15H13ClN2O2/c1-9(12-7-11(19)3-5-15(12)20)18-14-6-10(8-17)2-4-13(14)16/h2-7,9,18-20H,1H3. The number of anilines is 1. The molecule has 0 saturated carbocycles. The number of nitrogens with one attached hydrogen (secondary N) is 1. The Balaban J connectivity index is 2.30. The van der Waals surface area contributed by atoms with E-state index in [1.807, 2.05) is 13.0 Å². The van der Waals surface area contributed by atoms with Gasteiger partial charge >= 0.3 is 0 Å². The van der Waals surface area contributed by atoms with Gasteiger partial charge in [0.1, 0.15) is 11.5 Å². The zero-order chi connectivity index (χ0) is 14.7. The van der Waals surface area contributed by atoms with Gasteiger partial charge in [-0.1, -0.05) is 11.6 Å². The summed E-state index contributed by atoms with van der Waals surface area (Å²) < 4.78 is 0. The molecule has 0 amide bonds. The Hall–Kier alpha value is -2.38. The van der Waals surface area contributed by atoms with Crippen molar-refractivity contribution in [2.45, 2.75) is 13.0 Å². The van der Waals surface area contributed by atoms with Gasteiger partial charge < -0.3 is 15.5 Å². The van der Waals surface area contributed by atoms with Crippen LogP contribution in [0.4, 0.5) is 5.69 Å². The maximum absolute atomic E-state index is 9.82. The van der Waals surface area contributed by atoms with E-state index < -0.39 is 0 Å². The first-order chi connectivity index (χ1) is 9.51. The van der Waals surface area contributed by atoms with E-state index in [9.17, 15) is 10.2 Å². The quantitative estimate of drug-likeness (QED) is 0.751.